The van der Waals surface area contributed by atoms with Gasteiger partial charge in [-0.15, -0.1) is 4.40 Å². The number of hydrogen-bond donors (Lipinski definition) is 1. The topological polar surface area (TPSA) is 109 Å². The Hall–Kier alpha value is -3.15. The van der Waals surface area contributed by atoms with Crippen LogP contribution in [0.1, 0.15) is 11.1 Å². The first-order valence-electron chi connectivity index (χ1n) is 11.5. The molecule has 1 aliphatic heterocycles. The molecule has 1 heterocycles. The van der Waals surface area contributed by atoms with E-state index >= 15 is 0 Å². The maximum atomic E-state index is 13.1. The van der Waals surface area contributed by atoms with E-state index in [0.29, 0.717) is 21.3 Å². The second kappa shape index (κ2) is 12.4. The van der Waals surface area contributed by atoms with Gasteiger partial charge in [0.2, 0.25) is 0 Å². The van der Waals surface area contributed by atoms with E-state index in [-0.39, 0.29) is 23.2 Å². The Balaban J connectivity index is 1.83. The van der Waals surface area contributed by atoms with Gasteiger partial charge in [0.15, 0.2) is 10.8 Å². The van der Waals surface area contributed by atoms with E-state index in [9.17, 15) is 13.2 Å². The van der Waals surface area contributed by atoms with Crippen molar-refractivity contribution in [3.05, 3.63) is 112 Å². The molecule has 202 valence electrons. The molecule has 0 spiro atoms. The van der Waals surface area contributed by atoms with Crippen LogP contribution in [-0.2, 0) is 25.2 Å². The third kappa shape index (κ3) is 6.71. The summed E-state index contributed by atoms with van der Waals surface area (Å²) in [6.45, 7) is 0.0299. The summed E-state index contributed by atoms with van der Waals surface area (Å²) in [5, 5.41) is 16.4. The van der Waals surface area contributed by atoms with E-state index in [2.05, 4.69) is 4.40 Å². The third-order valence-corrected chi connectivity index (χ3v) is 8.30. The molecule has 0 radical (unpaired) electrons. The van der Waals surface area contributed by atoms with Crippen molar-refractivity contribution in [2.24, 2.45) is 9.50 Å². The van der Waals surface area contributed by atoms with Gasteiger partial charge in [0.1, 0.15) is 5.71 Å². The van der Waals surface area contributed by atoms with Gasteiger partial charge in [-0.25, -0.2) is 9.80 Å². The lowest BCUT2D eigenvalue weighted by molar-refractivity contribution is -0.131. The van der Waals surface area contributed by atoms with Crippen molar-refractivity contribution in [1.29, 1.82) is 0 Å². The fraction of sp³-hybridized carbons (Fsp3) is 0.148. The number of thioether (sulfide) groups is 1. The highest BCUT2D eigenvalue weighted by Crippen LogP contribution is 2.38. The molecule has 8 nitrogen and oxygen atoms in total. The average Bonchev–Trinajstić information content (AvgIpc) is 3.31. The Bertz CT molecular complexity index is 1530. The molecule has 1 unspecified atom stereocenters. The zero-order valence-electron chi connectivity index (χ0n) is 20.6. The number of rotatable bonds is 8. The summed E-state index contributed by atoms with van der Waals surface area (Å²) >= 11 is 13.2. The average molecular weight is 605 g/mol. The summed E-state index contributed by atoms with van der Waals surface area (Å²) in [4.78, 5) is 11.0. The third-order valence-electron chi connectivity index (χ3n) is 5.73. The summed E-state index contributed by atoms with van der Waals surface area (Å²) in [7, 11) is -4.08. The number of nitrogens with zero attached hydrogens (tertiary/aromatic N) is 3. The number of halogens is 2. The van der Waals surface area contributed by atoms with Crippen LogP contribution in [0.4, 0.5) is 0 Å². The lowest BCUT2D eigenvalue weighted by atomic mass is 9.85. The standard InChI is InChI=1S/C27H23Cl2N3O5S2/c1-38-26(31-39(35,36)23-15-13-22(29)14-16-23)32-18-27(20-6-3-2-4-7-20,37-17-5-8-24(33)34)25(30-32)19-9-11-21(28)12-10-19/h2-16H,17-18H2,1H3,(H,33,34)/b8-5+,31-26-. The molecule has 3 aromatic rings. The first kappa shape index (κ1) is 28.8. The van der Waals surface area contributed by atoms with Gasteiger partial charge in [-0.1, -0.05) is 83.5 Å². The molecule has 0 saturated heterocycles. The van der Waals surface area contributed by atoms with Gasteiger partial charge >= 0.3 is 5.97 Å². The molecule has 0 aliphatic carbocycles. The van der Waals surface area contributed by atoms with E-state index in [1.165, 1.54) is 35.4 Å². The second-order valence-corrected chi connectivity index (χ2v) is 11.5. The number of ether oxygens (including phenoxy) is 1. The normalized spacial score (nSPS) is 18.0. The molecule has 0 aromatic heterocycles. The Kier molecular flexibility index (Phi) is 9.14. The zero-order valence-corrected chi connectivity index (χ0v) is 23.7. The van der Waals surface area contributed by atoms with E-state index in [0.717, 1.165) is 23.4 Å². The SMILES string of the molecule is CS/C(=N\S(=O)(=O)c1ccc(Cl)cc1)N1CC(OC/C=C/C(=O)O)(c2ccccc2)C(c2ccc(Cl)cc2)=N1. The van der Waals surface area contributed by atoms with Crippen LogP contribution in [0.15, 0.2) is 105 Å². The number of carboxylic acid groups (broad SMARTS) is 1. The zero-order chi connectivity index (χ0) is 28.0. The summed E-state index contributed by atoms with van der Waals surface area (Å²) in [5.41, 5.74) is 0.720. The summed E-state index contributed by atoms with van der Waals surface area (Å²) in [5.74, 6) is -1.10. The first-order valence-corrected chi connectivity index (χ1v) is 14.9. The summed E-state index contributed by atoms with van der Waals surface area (Å²) in [6, 6.07) is 22.1. The molecular weight excluding hydrogens is 581 g/mol. The second-order valence-electron chi connectivity index (χ2n) is 8.26. The van der Waals surface area contributed by atoms with Gasteiger partial charge < -0.3 is 9.84 Å². The largest absolute Gasteiger partial charge is 0.478 e. The van der Waals surface area contributed by atoms with Gasteiger partial charge in [-0.05, 0) is 48.2 Å². The van der Waals surface area contributed by atoms with Crippen LogP contribution in [0.5, 0.6) is 0 Å². The lowest BCUT2D eigenvalue weighted by Gasteiger charge is -2.31. The molecule has 0 amide bonds. The maximum absolute atomic E-state index is 13.1. The Labute approximate surface area is 240 Å². The Morgan fingerprint density at radius 2 is 1.69 bits per heavy atom. The van der Waals surface area contributed by atoms with Crippen molar-refractivity contribution in [3.8, 4) is 0 Å². The maximum Gasteiger partial charge on any atom is 0.328 e. The van der Waals surface area contributed by atoms with Crippen molar-refractivity contribution in [2.45, 2.75) is 10.5 Å². The van der Waals surface area contributed by atoms with Crippen molar-refractivity contribution in [1.82, 2.24) is 5.01 Å². The highest BCUT2D eigenvalue weighted by molar-refractivity contribution is 8.13. The van der Waals surface area contributed by atoms with Crippen molar-refractivity contribution >= 4 is 61.8 Å². The van der Waals surface area contributed by atoms with Gasteiger partial charge in [0.05, 0.1) is 18.0 Å². The van der Waals surface area contributed by atoms with Gasteiger partial charge in [-0.3, -0.25) is 0 Å². The van der Waals surface area contributed by atoms with E-state index in [1.54, 1.807) is 30.5 Å². The quantitative estimate of drug-likeness (QED) is 0.200. The molecule has 4 rings (SSSR count). The van der Waals surface area contributed by atoms with Gasteiger partial charge in [-0.2, -0.15) is 13.5 Å². The van der Waals surface area contributed by atoms with Gasteiger partial charge in [0, 0.05) is 21.7 Å². The number of hydrazone groups is 1. The molecular formula is C27H23Cl2N3O5S2. The molecule has 1 atom stereocenters. The monoisotopic (exact) mass is 603 g/mol. The van der Waals surface area contributed by atoms with Crippen molar-refractivity contribution < 1.29 is 23.1 Å². The van der Waals surface area contributed by atoms with E-state index in [1.807, 2.05) is 30.3 Å². The lowest BCUT2D eigenvalue weighted by Crippen LogP contribution is -2.42. The predicted molar refractivity (Wildman–Crippen MR) is 155 cm³/mol. The molecule has 0 bridgehead atoms. The van der Waals surface area contributed by atoms with Gasteiger partial charge in [0.25, 0.3) is 10.0 Å². The van der Waals surface area contributed by atoms with Crippen LogP contribution < -0.4 is 0 Å². The minimum absolute atomic E-state index is 0.0102. The Morgan fingerprint density at radius 3 is 2.28 bits per heavy atom. The number of carboxylic acids is 1. The molecule has 3 aromatic carbocycles. The first-order chi connectivity index (χ1) is 18.6. The number of amidine groups is 1. The van der Waals surface area contributed by atoms with Crippen LogP contribution in [0.3, 0.4) is 0 Å². The number of carbonyl (C=O) groups is 1. The number of benzene rings is 3. The molecule has 0 saturated carbocycles. The van der Waals surface area contributed by atoms with Crippen LogP contribution >= 0.6 is 35.0 Å². The van der Waals surface area contributed by atoms with Crippen molar-refractivity contribution in [3.63, 3.8) is 0 Å². The van der Waals surface area contributed by atoms with E-state index in [4.69, 9.17) is 38.1 Å². The Morgan fingerprint density at radius 1 is 1.08 bits per heavy atom. The molecule has 39 heavy (non-hydrogen) atoms. The number of hydrogen-bond acceptors (Lipinski definition) is 6. The molecule has 12 heteroatoms. The van der Waals surface area contributed by atoms with Crippen LogP contribution in [0.25, 0.3) is 0 Å². The molecule has 1 N–H and O–H groups in total. The van der Waals surface area contributed by atoms with E-state index < -0.39 is 21.6 Å². The predicted octanol–water partition coefficient (Wildman–Crippen LogP) is 5.67. The van der Waals surface area contributed by atoms with Crippen LogP contribution in [-0.4, -0.2) is 54.8 Å². The summed E-state index contributed by atoms with van der Waals surface area (Å²) in [6.07, 6.45) is 4.09. The summed E-state index contributed by atoms with van der Waals surface area (Å²) < 4.78 is 36.8. The molecule has 0 fully saturated rings. The fourth-order valence-electron chi connectivity index (χ4n) is 3.96. The number of sulfonamides is 1. The number of aliphatic carboxylic acids is 1. The highest BCUT2D eigenvalue weighted by Gasteiger charge is 2.47. The minimum atomic E-state index is -4.08. The van der Waals surface area contributed by atoms with Crippen molar-refractivity contribution in [2.75, 3.05) is 19.4 Å². The fourth-order valence-corrected chi connectivity index (χ4v) is 6.00. The minimum Gasteiger partial charge on any atom is -0.478 e. The van der Waals surface area contributed by atoms with Crippen LogP contribution in [0.2, 0.25) is 10.0 Å². The van der Waals surface area contributed by atoms with Crippen LogP contribution in [0, 0.1) is 0 Å². The highest BCUT2D eigenvalue weighted by atomic mass is 35.5. The molecule has 1 aliphatic rings. The smallest absolute Gasteiger partial charge is 0.328 e.